The van der Waals surface area contributed by atoms with Gasteiger partial charge >= 0.3 is 11.8 Å². The lowest BCUT2D eigenvalue weighted by molar-refractivity contribution is -0.136. The summed E-state index contributed by atoms with van der Waals surface area (Å²) in [4.78, 5) is 37.2. The molecule has 0 saturated heterocycles. The van der Waals surface area contributed by atoms with E-state index in [0.717, 1.165) is 22.6 Å². The van der Waals surface area contributed by atoms with Gasteiger partial charge in [0.25, 0.3) is 0 Å². The normalized spacial score (nSPS) is 27.9. The highest BCUT2D eigenvalue weighted by Gasteiger charge is 2.48. The lowest BCUT2D eigenvalue weighted by atomic mass is 9.54. The molecule has 0 spiro atoms. The van der Waals surface area contributed by atoms with Crippen molar-refractivity contribution in [1.29, 1.82) is 0 Å². The van der Waals surface area contributed by atoms with Crippen molar-refractivity contribution >= 4 is 39.9 Å². The van der Waals surface area contributed by atoms with E-state index in [1.165, 1.54) is 32.1 Å². The minimum absolute atomic E-state index is 0.0665. The molecule has 3 N–H and O–H groups in total. The van der Waals surface area contributed by atoms with Gasteiger partial charge in [0.15, 0.2) is 0 Å². The van der Waals surface area contributed by atoms with Crippen molar-refractivity contribution in [1.82, 2.24) is 10.7 Å². The summed E-state index contributed by atoms with van der Waals surface area (Å²) in [6.45, 7) is 1.68. The van der Waals surface area contributed by atoms with Crippen molar-refractivity contribution in [3.63, 3.8) is 0 Å². The molecule has 0 aliphatic heterocycles. The second-order valence-electron chi connectivity index (χ2n) is 9.97. The van der Waals surface area contributed by atoms with E-state index in [-0.39, 0.29) is 18.4 Å². The Morgan fingerprint density at radius 1 is 0.879 bits per heavy atom. The number of carbonyl (C=O) groups excluding carboxylic acids is 3. The molecule has 4 aliphatic carbocycles. The van der Waals surface area contributed by atoms with Crippen LogP contribution in [0.1, 0.15) is 45.4 Å². The molecule has 2 aromatic carbocycles. The highest BCUT2D eigenvalue weighted by Crippen LogP contribution is 2.53. The zero-order chi connectivity index (χ0) is 22.9. The zero-order valence-electron chi connectivity index (χ0n) is 18.8. The predicted molar refractivity (Wildman–Crippen MR) is 127 cm³/mol. The van der Waals surface area contributed by atoms with Crippen LogP contribution in [-0.4, -0.2) is 29.5 Å². The first-order valence-corrected chi connectivity index (χ1v) is 11.9. The third-order valence-electron chi connectivity index (χ3n) is 7.56. The Hall–Kier alpha value is -3.22. The maximum Gasteiger partial charge on any atom is 0.329 e. The van der Waals surface area contributed by atoms with Crippen LogP contribution in [0.3, 0.4) is 0 Å². The van der Waals surface area contributed by atoms with E-state index in [4.69, 9.17) is 0 Å². The van der Waals surface area contributed by atoms with E-state index >= 15 is 0 Å². The van der Waals surface area contributed by atoms with Crippen molar-refractivity contribution in [2.45, 2.75) is 51.5 Å². The van der Waals surface area contributed by atoms with Crippen LogP contribution in [0.15, 0.2) is 47.6 Å². The fourth-order valence-corrected chi connectivity index (χ4v) is 6.38. The molecule has 7 nitrogen and oxygen atoms in total. The molecule has 2 aromatic rings. The van der Waals surface area contributed by atoms with Crippen molar-refractivity contribution in [3.8, 4) is 0 Å². The van der Waals surface area contributed by atoms with E-state index in [0.29, 0.717) is 23.2 Å². The Kier molecular flexibility index (Phi) is 5.87. The van der Waals surface area contributed by atoms with Crippen LogP contribution in [-0.2, 0) is 14.4 Å². The van der Waals surface area contributed by atoms with Gasteiger partial charge in [0.05, 0.1) is 6.42 Å². The number of rotatable bonds is 5. The molecule has 7 heteroatoms. The highest BCUT2D eigenvalue weighted by atomic mass is 16.2. The molecule has 4 bridgehead atoms. The Morgan fingerprint density at radius 2 is 1.55 bits per heavy atom. The first-order valence-electron chi connectivity index (χ1n) is 11.9. The maximum absolute atomic E-state index is 12.6. The number of carbonyl (C=O) groups is 3. The number of benzene rings is 2. The van der Waals surface area contributed by atoms with Gasteiger partial charge in [0.2, 0.25) is 5.91 Å². The summed E-state index contributed by atoms with van der Waals surface area (Å²) in [5.41, 5.74) is 3.29. The minimum atomic E-state index is -0.872. The molecular formula is C26H30N4O3. The van der Waals surface area contributed by atoms with E-state index in [1.54, 1.807) is 13.0 Å². The number of hydrogen-bond acceptors (Lipinski definition) is 4. The molecule has 0 heterocycles. The quantitative estimate of drug-likeness (QED) is 0.372. The molecule has 33 heavy (non-hydrogen) atoms. The highest BCUT2D eigenvalue weighted by molar-refractivity contribution is 6.40. The molecule has 0 aromatic heterocycles. The Morgan fingerprint density at radius 3 is 2.27 bits per heavy atom. The van der Waals surface area contributed by atoms with Gasteiger partial charge in [-0.15, -0.1) is 0 Å². The summed E-state index contributed by atoms with van der Waals surface area (Å²) in [5.74, 6) is 1.20. The summed E-state index contributed by atoms with van der Waals surface area (Å²) >= 11 is 0. The van der Waals surface area contributed by atoms with Crippen molar-refractivity contribution in [3.05, 3.63) is 42.5 Å². The van der Waals surface area contributed by atoms with Gasteiger partial charge in [-0.05, 0) is 74.2 Å². The largest absolute Gasteiger partial charge is 0.352 e. The molecule has 172 valence electrons. The van der Waals surface area contributed by atoms with Crippen LogP contribution in [0.2, 0.25) is 0 Å². The topological polar surface area (TPSA) is 99.7 Å². The van der Waals surface area contributed by atoms with E-state index < -0.39 is 11.8 Å². The average molecular weight is 447 g/mol. The Labute approximate surface area is 193 Å². The maximum atomic E-state index is 12.6. The number of fused-ring (bicyclic) bond motifs is 1. The lowest BCUT2D eigenvalue weighted by Crippen LogP contribution is -2.56. The minimum Gasteiger partial charge on any atom is -0.352 e. The first kappa shape index (κ1) is 21.6. The molecule has 4 saturated carbocycles. The van der Waals surface area contributed by atoms with Crippen molar-refractivity contribution in [2.75, 3.05) is 5.32 Å². The third kappa shape index (κ3) is 4.63. The Balaban J connectivity index is 1.13. The molecule has 6 rings (SSSR count). The fraction of sp³-hybridized carbons (Fsp3) is 0.462. The van der Waals surface area contributed by atoms with Crippen molar-refractivity contribution in [2.24, 2.45) is 28.8 Å². The number of nitrogens with one attached hydrogen (secondary N) is 3. The second-order valence-corrected chi connectivity index (χ2v) is 9.97. The molecule has 0 atom stereocenters. The summed E-state index contributed by atoms with van der Waals surface area (Å²) in [6.07, 6.45) is 6.46. The van der Waals surface area contributed by atoms with Gasteiger partial charge in [-0.1, -0.05) is 36.4 Å². The Bertz CT molecular complexity index is 1090. The molecule has 0 radical (unpaired) electrons. The van der Waals surface area contributed by atoms with E-state index in [9.17, 15) is 14.4 Å². The van der Waals surface area contributed by atoms with Crippen molar-refractivity contribution < 1.29 is 14.4 Å². The van der Waals surface area contributed by atoms with E-state index in [1.807, 2.05) is 36.4 Å². The summed E-state index contributed by atoms with van der Waals surface area (Å²) in [5, 5.41) is 11.7. The standard InChI is InChI=1S/C26H30N4O3/c1-15(9-23(31)28-24-19-11-16-10-17(13-19)14-20(24)12-16)29-30-26(33)25(32)27-22-8-4-6-18-5-2-3-7-21(18)22/h2-8,16-17,19-20,24H,9-14H2,1H3,(H,27,32)(H,28,31)(H,30,33). The average Bonchev–Trinajstić information content (AvgIpc) is 2.79. The smallest absolute Gasteiger partial charge is 0.329 e. The van der Waals surface area contributed by atoms with Crippen LogP contribution in [0.4, 0.5) is 5.69 Å². The van der Waals surface area contributed by atoms with Gasteiger partial charge in [0.1, 0.15) is 0 Å². The van der Waals surface area contributed by atoms with Gasteiger partial charge in [-0.25, -0.2) is 5.43 Å². The monoisotopic (exact) mass is 446 g/mol. The summed E-state index contributed by atoms with van der Waals surface area (Å²) in [6, 6.07) is 13.4. The number of nitrogens with zero attached hydrogens (tertiary/aromatic N) is 1. The van der Waals surface area contributed by atoms with Crippen LogP contribution < -0.4 is 16.1 Å². The fourth-order valence-electron chi connectivity index (χ4n) is 6.38. The SMILES string of the molecule is CC(CC(=O)NC1C2CC3CC(C2)CC1C3)=NNC(=O)C(=O)Nc1cccc2ccccc12. The molecule has 4 fully saturated rings. The molecule has 3 amide bonds. The first-order chi connectivity index (χ1) is 16.0. The second kappa shape index (κ2) is 8.96. The van der Waals surface area contributed by atoms with Gasteiger partial charge < -0.3 is 10.6 Å². The number of anilines is 1. The lowest BCUT2D eigenvalue weighted by Gasteiger charge is -2.54. The van der Waals surface area contributed by atoms with Gasteiger partial charge in [-0.2, -0.15) is 5.10 Å². The summed E-state index contributed by atoms with van der Waals surface area (Å²) in [7, 11) is 0. The third-order valence-corrected chi connectivity index (χ3v) is 7.56. The number of hydrazone groups is 1. The van der Waals surface area contributed by atoms with Crippen LogP contribution in [0.25, 0.3) is 10.8 Å². The number of hydrogen-bond donors (Lipinski definition) is 3. The number of amides is 3. The molecular weight excluding hydrogens is 416 g/mol. The van der Waals surface area contributed by atoms with Gasteiger partial charge in [-0.3, -0.25) is 14.4 Å². The molecule has 4 aliphatic rings. The molecule has 0 unspecified atom stereocenters. The summed E-state index contributed by atoms with van der Waals surface area (Å²) < 4.78 is 0. The van der Waals surface area contributed by atoms with E-state index in [2.05, 4.69) is 21.2 Å². The predicted octanol–water partition coefficient (Wildman–Crippen LogP) is 3.60. The zero-order valence-corrected chi connectivity index (χ0v) is 18.8. The van der Waals surface area contributed by atoms with Gasteiger partial charge in [0, 0.05) is 22.8 Å². The van der Waals surface area contributed by atoms with Crippen LogP contribution in [0, 0.1) is 23.7 Å². The van der Waals surface area contributed by atoms with Crippen LogP contribution in [0.5, 0.6) is 0 Å². The van der Waals surface area contributed by atoms with Crippen LogP contribution >= 0.6 is 0 Å².